The van der Waals surface area contributed by atoms with Gasteiger partial charge in [-0.2, -0.15) is 4.37 Å². The number of hydrogen-bond donors (Lipinski definition) is 0. The van der Waals surface area contributed by atoms with E-state index in [0.29, 0.717) is 24.1 Å². The van der Waals surface area contributed by atoms with Crippen LogP contribution in [0.2, 0.25) is 0 Å². The molecule has 3 aromatic rings. The second-order valence-corrected chi connectivity index (χ2v) is 6.04. The van der Waals surface area contributed by atoms with Crippen molar-refractivity contribution in [3.63, 3.8) is 0 Å². The quantitative estimate of drug-likeness (QED) is 0.684. The largest absolute Gasteiger partial charge is 0.469 e. The van der Waals surface area contributed by atoms with E-state index in [2.05, 4.69) is 19.6 Å². The third-order valence-electron chi connectivity index (χ3n) is 2.65. The molecule has 0 aliphatic heterocycles. The lowest BCUT2D eigenvalue weighted by Gasteiger charge is -1.92. The van der Waals surface area contributed by atoms with Crippen LogP contribution in [-0.4, -0.2) is 33.3 Å². The molecule has 110 valence electrons. The molecule has 0 bridgehead atoms. The summed E-state index contributed by atoms with van der Waals surface area (Å²) in [5.41, 5.74) is 0.799. The van der Waals surface area contributed by atoms with Crippen LogP contribution in [0.1, 0.15) is 11.6 Å². The number of aromatic nitrogens is 4. The Morgan fingerprint density at radius 1 is 1.38 bits per heavy atom. The molecule has 3 aromatic heterocycles. The molecule has 0 aliphatic rings. The van der Waals surface area contributed by atoms with Crippen molar-refractivity contribution in [3.05, 3.63) is 23.9 Å². The number of nitrogens with zero attached hydrogens (tertiary/aromatic N) is 4. The monoisotopic (exact) mass is 324 g/mol. The van der Waals surface area contributed by atoms with Crippen molar-refractivity contribution in [2.75, 3.05) is 13.7 Å². The smallest absolute Gasteiger partial charge is 0.284 e. The highest BCUT2D eigenvalue weighted by Gasteiger charge is 2.15. The van der Waals surface area contributed by atoms with Crippen LogP contribution in [0.25, 0.3) is 11.5 Å². The van der Waals surface area contributed by atoms with Crippen molar-refractivity contribution in [1.82, 2.24) is 19.6 Å². The van der Waals surface area contributed by atoms with Crippen LogP contribution in [0.5, 0.6) is 0 Å². The van der Waals surface area contributed by atoms with Gasteiger partial charge in [-0.05, 0) is 24.5 Å². The van der Waals surface area contributed by atoms with Crippen LogP contribution in [0.3, 0.4) is 0 Å². The molecule has 3 rings (SSSR count). The van der Waals surface area contributed by atoms with Crippen LogP contribution in [0.4, 0.5) is 0 Å². The Morgan fingerprint density at radius 2 is 2.29 bits per heavy atom. The number of ether oxygens (including phenoxy) is 1. The lowest BCUT2D eigenvalue weighted by Crippen LogP contribution is -1.95. The SMILES string of the molecule is COCCc1nsc(Sc2nnc(-c3ccoc3C)o2)n1. The first-order valence-corrected chi connectivity index (χ1v) is 7.72. The van der Waals surface area contributed by atoms with Crippen LogP contribution in [0.15, 0.2) is 30.7 Å². The van der Waals surface area contributed by atoms with E-state index in [0.717, 1.165) is 21.5 Å². The number of hydrogen-bond acceptors (Lipinski definition) is 9. The fraction of sp³-hybridized carbons (Fsp3) is 0.333. The Labute approximate surface area is 128 Å². The molecule has 0 saturated carbocycles. The van der Waals surface area contributed by atoms with E-state index < -0.39 is 0 Å². The number of furan rings is 1. The summed E-state index contributed by atoms with van der Waals surface area (Å²) in [6.07, 6.45) is 2.28. The first kappa shape index (κ1) is 14.2. The Hall–Kier alpha value is -1.71. The summed E-state index contributed by atoms with van der Waals surface area (Å²) in [7, 11) is 1.65. The first-order chi connectivity index (χ1) is 10.3. The van der Waals surface area contributed by atoms with Gasteiger partial charge in [0, 0.05) is 25.3 Å². The number of aryl methyl sites for hydroxylation is 1. The number of rotatable bonds is 6. The zero-order valence-corrected chi connectivity index (χ0v) is 13.0. The predicted octanol–water partition coefficient (Wildman–Crippen LogP) is 2.83. The summed E-state index contributed by atoms with van der Waals surface area (Å²) < 4.78 is 20.8. The molecule has 0 atom stereocenters. The highest BCUT2D eigenvalue weighted by atomic mass is 32.2. The summed E-state index contributed by atoms with van der Waals surface area (Å²) in [6, 6.07) is 1.80. The van der Waals surface area contributed by atoms with E-state index >= 15 is 0 Å². The van der Waals surface area contributed by atoms with Crippen molar-refractivity contribution in [3.8, 4) is 11.5 Å². The van der Waals surface area contributed by atoms with E-state index in [1.54, 1.807) is 19.4 Å². The first-order valence-electron chi connectivity index (χ1n) is 6.13. The molecule has 0 unspecified atom stereocenters. The van der Waals surface area contributed by atoms with E-state index in [9.17, 15) is 0 Å². The Balaban J connectivity index is 1.70. The maximum absolute atomic E-state index is 5.60. The van der Waals surface area contributed by atoms with Gasteiger partial charge in [-0.1, -0.05) is 0 Å². The molecular formula is C12H12N4O3S2. The van der Waals surface area contributed by atoms with E-state index in [1.165, 1.54) is 23.3 Å². The summed E-state index contributed by atoms with van der Waals surface area (Å²) >= 11 is 2.60. The molecule has 7 nitrogen and oxygen atoms in total. The minimum atomic E-state index is 0.431. The van der Waals surface area contributed by atoms with Gasteiger partial charge < -0.3 is 13.6 Å². The van der Waals surface area contributed by atoms with Crippen LogP contribution >= 0.6 is 23.3 Å². The zero-order chi connectivity index (χ0) is 14.7. The minimum absolute atomic E-state index is 0.431. The van der Waals surface area contributed by atoms with E-state index in [4.69, 9.17) is 13.6 Å². The molecule has 0 fully saturated rings. The molecule has 0 saturated heterocycles. The Bertz CT molecular complexity index is 721. The van der Waals surface area contributed by atoms with Gasteiger partial charge >= 0.3 is 0 Å². The summed E-state index contributed by atoms with van der Waals surface area (Å²) in [6.45, 7) is 2.45. The molecule has 0 aromatic carbocycles. The van der Waals surface area contributed by atoms with Crippen LogP contribution in [-0.2, 0) is 11.2 Å². The zero-order valence-electron chi connectivity index (χ0n) is 11.4. The van der Waals surface area contributed by atoms with Crippen molar-refractivity contribution in [2.24, 2.45) is 0 Å². The van der Waals surface area contributed by atoms with Crippen molar-refractivity contribution < 1.29 is 13.6 Å². The van der Waals surface area contributed by atoms with E-state index in [1.807, 2.05) is 6.92 Å². The van der Waals surface area contributed by atoms with Crippen LogP contribution < -0.4 is 0 Å². The normalized spacial score (nSPS) is 11.1. The van der Waals surface area contributed by atoms with Gasteiger partial charge in [0.2, 0.25) is 0 Å². The summed E-state index contributed by atoms with van der Waals surface area (Å²) in [5.74, 6) is 1.94. The highest BCUT2D eigenvalue weighted by molar-refractivity contribution is 8.00. The molecule has 0 amide bonds. The van der Waals surface area contributed by atoms with Gasteiger partial charge in [0.25, 0.3) is 11.1 Å². The second kappa shape index (κ2) is 6.37. The average Bonchev–Trinajstić information content (AvgIpc) is 3.18. The number of methoxy groups -OCH3 is 1. The topological polar surface area (TPSA) is 87.1 Å². The summed E-state index contributed by atoms with van der Waals surface area (Å²) in [4.78, 5) is 4.38. The molecule has 0 N–H and O–H groups in total. The fourth-order valence-corrected chi connectivity index (χ4v) is 3.05. The predicted molar refractivity (Wildman–Crippen MR) is 76.3 cm³/mol. The lowest BCUT2D eigenvalue weighted by molar-refractivity contribution is 0.200. The lowest BCUT2D eigenvalue weighted by atomic mass is 10.3. The molecule has 3 heterocycles. The fourth-order valence-electron chi connectivity index (χ4n) is 1.62. The summed E-state index contributed by atoms with van der Waals surface area (Å²) in [5, 5.41) is 8.44. The third-order valence-corrected chi connectivity index (χ3v) is 4.28. The Kier molecular flexibility index (Phi) is 4.32. The van der Waals surface area contributed by atoms with Gasteiger partial charge in [-0.3, -0.25) is 0 Å². The second-order valence-electron chi connectivity index (χ2n) is 4.08. The molecule has 9 heteroatoms. The van der Waals surface area contributed by atoms with Crippen molar-refractivity contribution in [1.29, 1.82) is 0 Å². The molecule has 0 spiro atoms. The average molecular weight is 324 g/mol. The molecule has 0 radical (unpaired) electrons. The van der Waals surface area contributed by atoms with Gasteiger partial charge in [-0.25, -0.2) is 4.98 Å². The molecule has 21 heavy (non-hydrogen) atoms. The van der Waals surface area contributed by atoms with Crippen molar-refractivity contribution in [2.45, 2.75) is 22.9 Å². The third kappa shape index (κ3) is 3.31. The molecular weight excluding hydrogens is 312 g/mol. The van der Waals surface area contributed by atoms with Crippen LogP contribution in [0, 0.1) is 6.92 Å². The van der Waals surface area contributed by atoms with Gasteiger partial charge in [0.15, 0.2) is 4.34 Å². The minimum Gasteiger partial charge on any atom is -0.469 e. The highest BCUT2D eigenvalue weighted by Crippen LogP contribution is 2.31. The Morgan fingerprint density at radius 3 is 3.05 bits per heavy atom. The van der Waals surface area contributed by atoms with E-state index in [-0.39, 0.29) is 0 Å². The maximum Gasteiger partial charge on any atom is 0.284 e. The van der Waals surface area contributed by atoms with Gasteiger partial charge in [0.05, 0.1) is 18.4 Å². The van der Waals surface area contributed by atoms with Crippen molar-refractivity contribution >= 4 is 23.3 Å². The standard InChI is InChI=1S/C12H12N4O3S2/c1-7-8(3-6-18-7)10-14-15-11(19-10)20-12-13-9(16-21-12)4-5-17-2/h3,6H,4-5H2,1-2H3. The van der Waals surface area contributed by atoms with Gasteiger partial charge in [-0.15, -0.1) is 10.2 Å². The molecule has 0 aliphatic carbocycles. The maximum atomic E-state index is 5.60. The van der Waals surface area contributed by atoms with Gasteiger partial charge in [0.1, 0.15) is 11.6 Å².